The van der Waals surface area contributed by atoms with Crippen molar-refractivity contribution < 1.29 is 14.6 Å². The summed E-state index contributed by atoms with van der Waals surface area (Å²) in [4.78, 5) is 11.3. The third-order valence-corrected chi connectivity index (χ3v) is 4.53. The van der Waals surface area contributed by atoms with Gasteiger partial charge in [0, 0.05) is 22.8 Å². The molecule has 0 aliphatic rings. The molecule has 0 heterocycles. The number of hydrogen-bond donors (Lipinski definition) is 2. The third kappa shape index (κ3) is 4.80. The van der Waals surface area contributed by atoms with Crippen LogP contribution < -0.4 is 10.1 Å². The molecule has 3 aromatic rings. The molecular formula is C22H20ClNO3. The molecule has 0 saturated carbocycles. The number of nitrogens with one attached hydrogen (secondary N) is 1. The fraction of sp³-hybridized carbons (Fsp3) is 0.136. The summed E-state index contributed by atoms with van der Waals surface area (Å²) in [7, 11) is 0. The van der Waals surface area contributed by atoms with E-state index in [-0.39, 0.29) is 5.56 Å². The highest BCUT2D eigenvalue weighted by Crippen LogP contribution is 2.26. The number of carboxylic acid groups (broad SMARTS) is 1. The van der Waals surface area contributed by atoms with Crippen LogP contribution in [-0.4, -0.2) is 11.1 Å². The molecule has 0 spiro atoms. The van der Waals surface area contributed by atoms with Crippen molar-refractivity contribution in [3.05, 3.63) is 94.0 Å². The summed E-state index contributed by atoms with van der Waals surface area (Å²) in [6.45, 7) is 2.72. The molecule has 0 radical (unpaired) electrons. The number of aromatic carboxylic acids is 1. The van der Waals surface area contributed by atoms with Gasteiger partial charge >= 0.3 is 5.97 Å². The van der Waals surface area contributed by atoms with E-state index in [2.05, 4.69) is 5.32 Å². The van der Waals surface area contributed by atoms with Crippen LogP contribution >= 0.6 is 11.6 Å². The summed E-state index contributed by atoms with van der Waals surface area (Å²) in [6, 6.07) is 20.6. The predicted molar refractivity (Wildman–Crippen MR) is 108 cm³/mol. The molecular weight excluding hydrogens is 362 g/mol. The van der Waals surface area contributed by atoms with E-state index in [0.29, 0.717) is 23.7 Å². The molecule has 138 valence electrons. The topological polar surface area (TPSA) is 58.6 Å². The number of ether oxygens (including phenoxy) is 1. The van der Waals surface area contributed by atoms with Gasteiger partial charge in [-0.3, -0.25) is 0 Å². The molecule has 0 atom stereocenters. The molecule has 4 nitrogen and oxygen atoms in total. The van der Waals surface area contributed by atoms with E-state index >= 15 is 0 Å². The fourth-order valence-electron chi connectivity index (χ4n) is 2.81. The lowest BCUT2D eigenvalue weighted by atomic mass is 10.1. The van der Waals surface area contributed by atoms with Crippen molar-refractivity contribution >= 4 is 23.3 Å². The van der Waals surface area contributed by atoms with Crippen LogP contribution in [0.15, 0.2) is 66.7 Å². The van der Waals surface area contributed by atoms with Gasteiger partial charge in [0.25, 0.3) is 0 Å². The maximum absolute atomic E-state index is 11.3. The number of carboxylic acids is 1. The lowest BCUT2D eigenvalue weighted by Gasteiger charge is -2.15. The summed E-state index contributed by atoms with van der Waals surface area (Å²) in [5, 5.41) is 13.2. The van der Waals surface area contributed by atoms with Gasteiger partial charge in [-0.05, 0) is 48.4 Å². The highest BCUT2D eigenvalue weighted by molar-refractivity contribution is 6.30. The van der Waals surface area contributed by atoms with E-state index in [4.69, 9.17) is 16.3 Å². The molecule has 3 aromatic carbocycles. The van der Waals surface area contributed by atoms with E-state index in [1.54, 1.807) is 25.1 Å². The minimum atomic E-state index is -0.939. The Labute approximate surface area is 163 Å². The highest BCUT2D eigenvalue weighted by atomic mass is 35.5. The fourth-order valence-corrected chi connectivity index (χ4v) is 3.01. The van der Waals surface area contributed by atoms with Crippen molar-refractivity contribution in [1.82, 2.24) is 0 Å². The van der Waals surface area contributed by atoms with Gasteiger partial charge in [-0.1, -0.05) is 48.0 Å². The molecule has 3 rings (SSSR count). The van der Waals surface area contributed by atoms with Crippen LogP contribution in [0.3, 0.4) is 0 Å². The Balaban J connectivity index is 1.76. The molecule has 0 aliphatic carbocycles. The monoisotopic (exact) mass is 381 g/mol. The molecule has 5 heteroatoms. The smallest absolute Gasteiger partial charge is 0.336 e. The lowest BCUT2D eigenvalue weighted by Crippen LogP contribution is -2.07. The number of anilines is 1. The van der Waals surface area contributed by atoms with E-state index in [1.807, 2.05) is 48.5 Å². The Morgan fingerprint density at radius 1 is 1.07 bits per heavy atom. The van der Waals surface area contributed by atoms with Crippen molar-refractivity contribution in [3.63, 3.8) is 0 Å². The largest absolute Gasteiger partial charge is 0.489 e. The number of carbonyl (C=O) groups is 1. The number of halogens is 1. The molecule has 0 bridgehead atoms. The normalized spacial score (nSPS) is 10.4. The van der Waals surface area contributed by atoms with Crippen molar-refractivity contribution in [2.45, 2.75) is 20.1 Å². The Bertz CT molecular complexity index is 942. The first-order chi connectivity index (χ1) is 13.0. The zero-order chi connectivity index (χ0) is 19.2. The van der Waals surface area contributed by atoms with Crippen LogP contribution in [0.5, 0.6) is 5.75 Å². The Hall–Kier alpha value is -2.98. The van der Waals surface area contributed by atoms with Crippen molar-refractivity contribution in [1.29, 1.82) is 0 Å². The average molecular weight is 382 g/mol. The Morgan fingerprint density at radius 3 is 2.59 bits per heavy atom. The molecule has 0 aromatic heterocycles. The minimum Gasteiger partial charge on any atom is -0.489 e. The van der Waals surface area contributed by atoms with Crippen LogP contribution in [0.1, 0.15) is 27.0 Å². The molecule has 0 amide bonds. The first-order valence-corrected chi connectivity index (χ1v) is 8.94. The Kier molecular flexibility index (Phi) is 5.99. The van der Waals surface area contributed by atoms with Gasteiger partial charge in [0.1, 0.15) is 12.4 Å². The van der Waals surface area contributed by atoms with Gasteiger partial charge in [0.15, 0.2) is 0 Å². The SMILES string of the molecule is Cc1c(NCc2cc(Cl)ccc2OCc2ccccc2)cccc1C(=O)O. The molecule has 0 aliphatic heterocycles. The third-order valence-electron chi connectivity index (χ3n) is 4.29. The van der Waals surface area contributed by atoms with Crippen LogP contribution in [0.25, 0.3) is 0 Å². The summed E-state index contributed by atoms with van der Waals surface area (Å²) >= 11 is 6.15. The van der Waals surface area contributed by atoms with Crippen LogP contribution in [-0.2, 0) is 13.2 Å². The number of rotatable bonds is 7. The van der Waals surface area contributed by atoms with Crippen molar-refractivity contribution in [2.24, 2.45) is 0 Å². The van der Waals surface area contributed by atoms with Crippen LogP contribution in [0.2, 0.25) is 5.02 Å². The first-order valence-electron chi connectivity index (χ1n) is 8.56. The molecule has 0 fully saturated rings. The molecule has 0 unspecified atom stereocenters. The molecule has 0 saturated heterocycles. The summed E-state index contributed by atoms with van der Waals surface area (Å²) < 4.78 is 5.97. The standard InChI is InChI=1S/C22H20ClNO3/c1-15-19(22(25)26)8-5-9-20(15)24-13-17-12-18(23)10-11-21(17)27-14-16-6-3-2-4-7-16/h2-12,24H,13-14H2,1H3,(H,25,26). The maximum atomic E-state index is 11.3. The van der Waals surface area contributed by atoms with Gasteiger partial charge in [-0.25, -0.2) is 4.79 Å². The van der Waals surface area contributed by atoms with Crippen molar-refractivity contribution in [2.75, 3.05) is 5.32 Å². The zero-order valence-corrected chi connectivity index (χ0v) is 15.7. The summed E-state index contributed by atoms with van der Waals surface area (Å²) in [6.07, 6.45) is 0. The molecule has 2 N–H and O–H groups in total. The van der Waals surface area contributed by atoms with E-state index < -0.39 is 5.97 Å². The second-order valence-electron chi connectivity index (χ2n) is 6.16. The second-order valence-corrected chi connectivity index (χ2v) is 6.60. The number of benzene rings is 3. The van der Waals surface area contributed by atoms with E-state index in [9.17, 15) is 9.90 Å². The van der Waals surface area contributed by atoms with E-state index in [0.717, 1.165) is 22.6 Å². The quantitative estimate of drug-likeness (QED) is 0.564. The average Bonchev–Trinajstić information content (AvgIpc) is 2.67. The van der Waals surface area contributed by atoms with Crippen molar-refractivity contribution in [3.8, 4) is 5.75 Å². The van der Waals surface area contributed by atoms with Gasteiger partial charge < -0.3 is 15.2 Å². The molecule has 27 heavy (non-hydrogen) atoms. The maximum Gasteiger partial charge on any atom is 0.336 e. The first kappa shape index (κ1) is 18.8. The minimum absolute atomic E-state index is 0.284. The zero-order valence-electron chi connectivity index (χ0n) is 14.9. The second kappa shape index (κ2) is 8.60. The van der Waals surface area contributed by atoms with E-state index in [1.165, 1.54) is 0 Å². The Morgan fingerprint density at radius 2 is 1.85 bits per heavy atom. The summed E-state index contributed by atoms with van der Waals surface area (Å²) in [5.74, 6) is -0.200. The predicted octanol–water partition coefficient (Wildman–Crippen LogP) is 5.54. The lowest BCUT2D eigenvalue weighted by molar-refractivity contribution is 0.0696. The summed E-state index contributed by atoms with van der Waals surface area (Å²) in [5.41, 5.74) is 3.73. The van der Waals surface area contributed by atoms with Gasteiger partial charge in [-0.15, -0.1) is 0 Å². The van der Waals surface area contributed by atoms with Gasteiger partial charge in [0.2, 0.25) is 0 Å². The van der Waals surface area contributed by atoms with Crippen LogP contribution in [0.4, 0.5) is 5.69 Å². The van der Waals surface area contributed by atoms with Gasteiger partial charge in [0.05, 0.1) is 5.56 Å². The van der Waals surface area contributed by atoms with Crippen LogP contribution in [0, 0.1) is 6.92 Å². The highest BCUT2D eigenvalue weighted by Gasteiger charge is 2.11. The van der Waals surface area contributed by atoms with Gasteiger partial charge in [-0.2, -0.15) is 0 Å². The number of hydrogen-bond acceptors (Lipinski definition) is 3.